The van der Waals surface area contributed by atoms with Crippen molar-refractivity contribution in [1.29, 1.82) is 0 Å². The number of carbonyl (C=O) groups is 1. The van der Waals surface area contributed by atoms with E-state index < -0.39 is 0 Å². The summed E-state index contributed by atoms with van der Waals surface area (Å²) < 4.78 is 0. The van der Waals surface area contributed by atoms with Crippen molar-refractivity contribution in [3.05, 3.63) is 0 Å². The van der Waals surface area contributed by atoms with Crippen LogP contribution in [0.25, 0.3) is 0 Å². The van der Waals surface area contributed by atoms with Crippen LogP contribution < -0.4 is 10.8 Å². The first kappa shape index (κ1) is 9.93. The lowest BCUT2D eigenvalue weighted by molar-refractivity contribution is -0.146. The van der Waals surface area contributed by atoms with E-state index >= 15 is 0 Å². The average molecular weight is 198 g/mol. The zero-order valence-corrected chi connectivity index (χ0v) is 8.42. The summed E-state index contributed by atoms with van der Waals surface area (Å²) in [5.74, 6) is 0.286. The van der Waals surface area contributed by atoms with Crippen molar-refractivity contribution in [1.82, 2.24) is 10.8 Å². The molecule has 1 aliphatic heterocycles. The van der Waals surface area contributed by atoms with E-state index in [0.717, 1.165) is 38.8 Å². The molecular weight excluding hydrogens is 180 g/mol. The lowest BCUT2D eigenvalue weighted by atomic mass is 9.85. The minimum absolute atomic E-state index is 0.0711. The number of hydrogen-bond acceptors (Lipinski definition) is 3. The number of amides is 1. The van der Waals surface area contributed by atoms with Crippen LogP contribution in [0.4, 0.5) is 0 Å². The highest BCUT2D eigenvalue weighted by molar-refractivity contribution is 5.78. The highest BCUT2D eigenvalue weighted by atomic mass is 16.7. The van der Waals surface area contributed by atoms with E-state index in [1.165, 1.54) is 6.42 Å². The van der Waals surface area contributed by atoms with E-state index in [-0.39, 0.29) is 17.9 Å². The van der Waals surface area contributed by atoms with Gasteiger partial charge in [0.25, 0.3) is 0 Å². The van der Waals surface area contributed by atoms with Gasteiger partial charge in [-0.25, -0.2) is 5.48 Å². The van der Waals surface area contributed by atoms with Crippen molar-refractivity contribution in [2.24, 2.45) is 5.92 Å². The van der Waals surface area contributed by atoms with Crippen LogP contribution in [0.3, 0.4) is 0 Å². The summed E-state index contributed by atoms with van der Waals surface area (Å²) in [6.45, 7) is 1.92. The monoisotopic (exact) mass is 198 g/mol. The summed E-state index contributed by atoms with van der Waals surface area (Å²) in [6, 6.07) is 0. The van der Waals surface area contributed by atoms with Crippen LogP contribution in [-0.2, 0) is 9.63 Å². The van der Waals surface area contributed by atoms with Crippen molar-refractivity contribution in [3.63, 3.8) is 0 Å². The SMILES string of the molecule is O=C(NOC1CCCNC1)C1CCC1. The molecule has 1 saturated carbocycles. The molecule has 14 heavy (non-hydrogen) atoms. The van der Waals surface area contributed by atoms with E-state index in [1.54, 1.807) is 0 Å². The van der Waals surface area contributed by atoms with Crippen molar-refractivity contribution in [2.45, 2.75) is 38.2 Å². The highest BCUT2D eigenvalue weighted by Gasteiger charge is 2.26. The maximum absolute atomic E-state index is 11.4. The third kappa shape index (κ3) is 2.45. The predicted molar refractivity (Wildman–Crippen MR) is 52.5 cm³/mol. The first-order valence-electron chi connectivity index (χ1n) is 5.52. The van der Waals surface area contributed by atoms with Gasteiger partial charge in [-0.2, -0.15) is 0 Å². The molecule has 1 aliphatic carbocycles. The number of hydrogen-bond donors (Lipinski definition) is 2. The molecule has 0 aromatic rings. The number of hydroxylamine groups is 1. The molecule has 2 N–H and O–H groups in total. The second-order valence-electron chi connectivity index (χ2n) is 4.18. The molecule has 1 unspecified atom stereocenters. The molecule has 1 atom stereocenters. The summed E-state index contributed by atoms with van der Waals surface area (Å²) in [5.41, 5.74) is 2.58. The van der Waals surface area contributed by atoms with Crippen LogP contribution in [0, 0.1) is 5.92 Å². The molecule has 2 fully saturated rings. The van der Waals surface area contributed by atoms with Gasteiger partial charge in [0, 0.05) is 12.5 Å². The maximum Gasteiger partial charge on any atom is 0.246 e. The summed E-state index contributed by atoms with van der Waals surface area (Å²) >= 11 is 0. The molecule has 2 aliphatic rings. The van der Waals surface area contributed by atoms with Gasteiger partial charge in [0.05, 0.1) is 6.10 Å². The second kappa shape index (κ2) is 4.75. The van der Waals surface area contributed by atoms with Gasteiger partial charge in [-0.15, -0.1) is 0 Å². The van der Waals surface area contributed by atoms with E-state index in [1.807, 2.05) is 0 Å². The molecule has 4 nitrogen and oxygen atoms in total. The Labute approximate surface area is 84.3 Å². The van der Waals surface area contributed by atoms with Crippen LogP contribution in [0.15, 0.2) is 0 Å². The maximum atomic E-state index is 11.4. The number of rotatable bonds is 3. The fourth-order valence-electron chi connectivity index (χ4n) is 1.82. The third-order valence-electron chi connectivity index (χ3n) is 3.05. The Hall–Kier alpha value is -0.610. The lowest BCUT2D eigenvalue weighted by Gasteiger charge is -2.27. The molecule has 4 heteroatoms. The minimum Gasteiger partial charge on any atom is -0.314 e. The topological polar surface area (TPSA) is 50.4 Å². The molecule has 0 aromatic heterocycles. The lowest BCUT2D eigenvalue weighted by Crippen LogP contribution is -2.42. The smallest absolute Gasteiger partial charge is 0.246 e. The van der Waals surface area contributed by atoms with Crippen molar-refractivity contribution >= 4 is 5.91 Å². The third-order valence-corrected chi connectivity index (χ3v) is 3.05. The summed E-state index contributed by atoms with van der Waals surface area (Å²) in [6.07, 6.45) is 5.56. The molecule has 0 bridgehead atoms. The van der Waals surface area contributed by atoms with Gasteiger partial charge in [0.2, 0.25) is 5.91 Å². The van der Waals surface area contributed by atoms with E-state index in [0.29, 0.717) is 0 Å². The average Bonchev–Trinajstić information content (AvgIpc) is 2.14. The molecule has 1 heterocycles. The Morgan fingerprint density at radius 1 is 1.29 bits per heavy atom. The fourth-order valence-corrected chi connectivity index (χ4v) is 1.82. The van der Waals surface area contributed by atoms with E-state index in [9.17, 15) is 4.79 Å². The molecule has 1 amide bonds. The van der Waals surface area contributed by atoms with Crippen LogP contribution in [0.2, 0.25) is 0 Å². The van der Waals surface area contributed by atoms with Gasteiger partial charge in [-0.3, -0.25) is 9.63 Å². The van der Waals surface area contributed by atoms with Gasteiger partial charge < -0.3 is 5.32 Å². The Morgan fingerprint density at radius 2 is 2.14 bits per heavy atom. The van der Waals surface area contributed by atoms with Gasteiger partial charge in [-0.05, 0) is 32.2 Å². The fraction of sp³-hybridized carbons (Fsp3) is 0.900. The number of nitrogens with one attached hydrogen (secondary N) is 2. The van der Waals surface area contributed by atoms with E-state index in [2.05, 4.69) is 10.8 Å². The zero-order chi connectivity index (χ0) is 9.80. The summed E-state index contributed by atoms with van der Waals surface area (Å²) in [4.78, 5) is 16.8. The molecule has 0 radical (unpaired) electrons. The first-order valence-corrected chi connectivity index (χ1v) is 5.52. The van der Waals surface area contributed by atoms with Crippen LogP contribution in [0.1, 0.15) is 32.1 Å². The van der Waals surface area contributed by atoms with Crippen LogP contribution >= 0.6 is 0 Å². The number of piperidine rings is 1. The Balaban J connectivity index is 1.62. The first-order chi connectivity index (χ1) is 6.86. The quantitative estimate of drug-likeness (QED) is 0.652. The van der Waals surface area contributed by atoms with Crippen LogP contribution in [0.5, 0.6) is 0 Å². The normalized spacial score (nSPS) is 28.1. The standard InChI is InChI=1S/C10H18N2O2/c13-10(8-3-1-4-8)12-14-9-5-2-6-11-7-9/h8-9,11H,1-7H2,(H,12,13). The van der Waals surface area contributed by atoms with Gasteiger partial charge in [0.15, 0.2) is 0 Å². The van der Waals surface area contributed by atoms with Crippen LogP contribution in [-0.4, -0.2) is 25.1 Å². The Kier molecular flexibility index (Phi) is 3.37. The van der Waals surface area contributed by atoms with Gasteiger partial charge >= 0.3 is 0 Å². The molecule has 0 aromatic carbocycles. The predicted octanol–water partition coefficient (Wildman–Crippen LogP) is 0.586. The second-order valence-corrected chi connectivity index (χ2v) is 4.18. The van der Waals surface area contributed by atoms with Gasteiger partial charge in [-0.1, -0.05) is 6.42 Å². The Morgan fingerprint density at radius 3 is 2.71 bits per heavy atom. The highest BCUT2D eigenvalue weighted by Crippen LogP contribution is 2.26. The van der Waals surface area contributed by atoms with Crippen molar-refractivity contribution in [3.8, 4) is 0 Å². The van der Waals surface area contributed by atoms with Crippen molar-refractivity contribution < 1.29 is 9.63 Å². The zero-order valence-electron chi connectivity index (χ0n) is 8.42. The van der Waals surface area contributed by atoms with Gasteiger partial charge in [0.1, 0.15) is 0 Å². The van der Waals surface area contributed by atoms with Crippen molar-refractivity contribution in [2.75, 3.05) is 13.1 Å². The molecule has 80 valence electrons. The number of carbonyl (C=O) groups excluding carboxylic acids is 1. The molecule has 2 rings (SSSR count). The molecule has 0 spiro atoms. The summed E-state index contributed by atoms with van der Waals surface area (Å²) in [5, 5.41) is 3.24. The Bertz CT molecular complexity index is 198. The molecular formula is C10H18N2O2. The largest absolute Gasteiger partial charge is 0.314 e. The summed E-state index contributed by atoms with van der Waals surface area (Å²) in [7, 11) is 0. The molecule has 1 saturated heterocycles. The minimum atomic E-state index is 0.0711. The van der Waals surface area contributed by atoms with E-state index in [4.69, 9.17) is 4.84 Å².